The Kier molecular flexibility index (Phi) is 3.85. The highest BCUT2D eigenvalue weighted by molar-refractivity contribution is 5.87. The predicted octanol–water partition coefficient (Wildman–Crippen LogP) is 3.48. The Morgan fingerprint density at radius 1 is 1.17 bits per heavy atom. The number of benzene rings is 1. The van der Waals surface area contributed by atoms with Crippen molar-refractivity contribution in [1.82, 2.24) is 10.3 Å². The van der Waals surface area contributed by atoms with E-state index in [1.165, 1.54) is 61.4 Å². The molecule has 2 N–H and O–H groups in total. The molecule has 23 heavy (non-hydrogen) atoms. The van der Waals surface area contributed by atoms with Crippen LogP contribution in [0.5, 0.6) is 0 Å². The van der Waals surface area contributed by atoms with E-state index in [-0.39, 0.29) is 18.1 Å². The van der Waals surface area contributed by atoms with E-state index in [2.05, 4.69) is 34.6 Å². The summed E-state index contributed by atoms with van der Waals surface area (Å²) in [6.07, 6.45) is 7.10. The van der Waals surface area contributed by atoms with Gasteiger partial charge < -0.3 is 9.72 Å². The molecule has 2 aromatic rings. The number of methoxy groups -OCH3 is 1. The largest absolute Gasteiger partial charge is 0.468 e. The second-order valence-electron chi connectivity index (χ2n) is 6.89. The highest BCUT2D eigenvalue weighted by atomic mass is 16.5. The fourth-order valence-corrected chi connectivity index (χ4v) is 4.40. The number of para-hydroxylation sites is 1. The van der Waals surface area contributed by atoms with Crippen LogP contribution in [0.25, 0.3) is 10.9 Å². The summed E-state index contributed by atoms with van der Waals surface area (Å²) in [7, 11) is 1.48. The number of hydrogen-bond donors (Lipinski definition) is 2. The number of aromatic amines is 1. The highest BCUT2D eigenvalue weighted by Crippen LogP contribution is 2.40. The summed E-state index contributed by atoms with van der Waals surface area (Å²) in [6, 6.07) is 8.40. The third kappa shape index (κ3) is 2.55. The lowest BCUT2D eigenvalue weighted by Crippen LogP contribution is -2.47. The van der Waals surface area contributed by atoms with Crippen LogP contribution in [0.1, 0.15) is 49.4 Å². The zero-order valence-electron chi connectivity index (χ0n) is 13.6. The number of fused-ring (bicyclic) bond motifs is 3. The number of aromatic nitrogens is 1. The van der Waals surface area contributed by atoms with Gasteiger partial charge in [-0.15, -0.1) is 0 Å². The van der Waals surface area contributed by atoms with E-state index in [0.29, 0.717) is 12.3 Å². The maximum atomic E-state index is 12.2. The summed E-state index contributed by atoms with van der Waals surface area (Å²) in [5, 5.41) is 4.83. The molecular weight excluding hydrogens is 288 g/mol. The summed E-state index contributed by atoms with van der Waals surface area (Å²) in [5.41, 5.74) is 3.76. The molecule has 2 atom stereocenters. The van der Waals surface area contributed by atoms with Gasteiger partial charge in [0.1, 0.15) is 6.04 Å². The van der Waals surface area contributed by atoms with Gasteiger partial charge in [0.15, 0.2) is 0 Å². The van der Waals surface area contributed by atoms with Crippen LogP contribution in [0, 0.1) is 5.92 Å². The lowest BCUT2D eigenvalue weighted by Gasteiger charge is -2.36. The van der Waals surface area contributed by atoms with Gasteiger partial charge in [-0.05, 0) is 30.4 Å². The summed E-state index contributed by atoms with van der Waals surface area (Å²) in [4.78, 5) is 15.8. The average molecular weight is 312 g/mol. The zero-order chi connectivity index (χ0) is 15.8. The first-order valence-electron chi connectivity index (χ1n) is 8.71. The van der Waals surface area contributed by atoms with E-state index >= 15 is 0 Å². The number of nitrogens with one attached hydrogen (secondary N) is 2. The van der Waals surface area contributed by atoms with Crippen LogP contribution in [0.2, 0.25) is 0 Å². The highest BCUT2D eigenvalue weighted by Gasteiger charge is 2.37. The standard InChI is InChI=1S/C19H24N2O2/c1-23-19(22)16-11-14-13-9-5-6-10-15(13)20-18(14)17(21-16)12-7-3-2-4-8-12/h5-6,9-10,12,16-17,20-21H,2-4,7-8,11H2,1H3/t16-,17-/m0/s1. The summed E-state index contributed by atoms with van der Waals surface area (Å²) < 4.78 is 5.02. The van der Waals surface area contributed by atoms with Gasteiger partial charge in [0, 0.05) is 23.0 Å². The Hall–Kier alpha value is -1.81. The first kappa shape index (κ1) is 14.8. The number of carbonyl (C=O) groups is 1. The molecule has 122 valence electrons. The maximum Gasteiger partial charge on any atom is 0.323 e. The minimum Gasteiger partial charge on any atom is -0.468 e. The van der Waals surface area contributed by atoms with Gasteiger partial charge in [0.2, 0.25) is 0 Å². The monoisotopic (exact) mass is 312 g/mol. The van der Waals surface area contributed by atoms with Crippen molar-refractivity contribution in [3.63, 3.8) is 0 Å². The Bertz CT molecular complexity index is 715. The quantitative estimate of drug-likeness (QED) is 0.835. The molecule has 4 nitrogen and oxygen atoms in total. The van der Waals surface area contributed by atoms with Gasteiger partial charge in [0.25, 0.3) is 0 Å². The summed E-state index contributed by atoms with van der Waals surface area (Å²) in [5.74, 6) is 0.449. The third-order valence-corrected chi connectivity index (χ3v) is 5.55. The minimum absolute atomic E-state index is 0.151. The van der Waals surface area contributed by atoms with Gasteiger partial charge >= 0.3 is 5.97 Å². The first-order chi connectivity index (χ1) is 11.3. The number of carbonyl (C=O) groups excluding carboxylic acids is 1. The summed E-state index contributed by atoms with van der Waals surface area (Å²) in [6.45, 7) is 0. The molecule has 4 heteroatoms. The normalized spacial score (nSPS) is 25.3. The fourth-order valence-electron chi connectivity index (χ4n) is 4.40. The minimum atomic E-state index is -0.237. The van der Waals surface area contributed by atoms with Crippen molar-refractivity contribution >= 4 is 16.9 Å². The number of rotatable bonds is 2. The average Bonchev–Trinajstić information content (AvgIpc) is 2.99. The molecule has 4 rings (SSSR count). The molecule has 1 aliphatic carbocycles. The molecule has 1 fully saturated rings. The SMILES string of the molecule is COC(=O)[C@@H]1Cc2c([nH]c3ccccc23)[C@H](C2CCCCC2)N1. The van der Waals surface area contributed by atoms with E-state index in [1.54, 1.807) is 0 Å². The van der Waals surface area contributed by atoms with Crippen LogP contribution in [-0.2, 0) is 16.0 Å². The molecule has 2 aliphatic rings. The van der Waals surface area contributed by atoms with Crippen LogP contribution >= 0.6 is 0 Å². The lowest BCUT2D eigenvalue weighted by atomic mass is 9.79. The third-order valence-electron chi connectivity index (χ3n) is 5.55. The van der Waals surface area contributed by atoms with Crippen molar-refractivity contribution < 1.29 is 9.53 Å². The molecule has 2 heterocycles. The van der Waals surface area contributed by atoms with E-state index < -0.39 is 0 Å². The van der Waals surface area contributed by atoms with E-state index in [0.717, 1.165) is 0 Å². The van der Waals surface area contributed by atoms with Gasteiger partial charge in [-0.25, -0.2) is 0 Å². The molecule has 0 amide bonds. The lowest BCUT2D eigenvalue weighted by molar-refractivity contribution is -0.143. The first-order valence-corrected chi connectivity index (χ1v) is 8.71. The van der Waals surface area contributed by atoms with Crippen molar-refractivity contribution in [3.05, 3.63) is 35.5 Å². The number of H-pyrrole nitrogens is 1. The molecule has 0 unspecified atom stereocenters. The van der Waals surface area contributed by atoms with Crippen LogP contribution < -0.4 is 5.32 Å². The molecule has 1 saturated carbocycles. The Labute approximate surface area is 136 Å². The number of ether oxygens (including phenoxy) is 1. The van der Waals surface area contributed by atoms with Crippen LogP contribution in [0.4, 0.5) is 0 Å². The van der Waals surface area contributed by atoms with Crippen molar-refractivity contribution in [1.29, 1.82) is 0 Å². The van der Waals surface area contributed by atoms with E-state index in [9.17, 15) is 4.79 Å². The van der Waals surface area contributed by atoms with Crippen LogP contribution in [0.15, 0.2) is 24.3 Å². The number of esters is 1. The molecule has 1 aromatic carbocycles. The van der Waals surface area contributed by atoms with Gasteiger partial charge in [-0.1, -0.05) is 37.5 Å². The second kappa shape index (κ2) is 6.00. The molecule has 1 aromatic heterocycles. The molecule has 0 saturated heterocycles. The Balaban J connectivity index is 1.77. The molecule has 0 radical (unpaired) electrons. The summed E-state index contributed by atoms with van der Waals surface area (Å²) >= 11 is 0. The molecule has 1 aliphatic heterocycles. The molecular formula is C19H24N2O2. The topological polar surface area (TPSA) is 54.1 Å². The van der Waals surface area contributed by atoms with Gasteiger partial charge in [0.05, 0.1) is 13.2 Å². The molecule has 0 spiro atoms. The molecule has 0 bridgehead atoms. The van der Waals surface area contributed by atoms with E-state index in [4.69, 9.17) is 4.74 Å². The smallest absolute Gasteiger partial charge is 0.323 e. The van der Waals surface area contributed by atoms with Crippen LogP contribution in [0.3, 0.4) is 0 Å². The van der Waals surface area contributed by atoms with Crippen molar-refractivity contribution in [2.24, 2.45) is 5.92 Å². The van der Waals surface area contributed by atoms with Gasteiger partial charge in [-0.2, -0.15) is 0 Å². The maximum absolute atomic E-state index is 12.2. The van der Waals surface area contributed by atoms with Crippen LogP contribution in [-0.4, -0.2) is 24.1 Å². The second-order valence-corrected chi connectivity index (χ2v) is 6.89. The van der Waals surface area contributed by atoms with Gasteiger partial charge in [-0.3, -0.25) is 10.1 Å². The van der Waals surface area contributed by atoms with Crippen molar-refractivity contribution in [3.8, 4) is 0 Å². The zero-order valence-corrected chi connectivity index (χ0v) is 13.6. The number of hydrogen-bond acceptors (Lipinski definition) is 3. The Morgan fingerprint density at radius 2 is 1.96 bits per heavy atom. The van der Waals surface area contributed by atoms with E-state index in [1.807, 2.05) is 0 Å². The predicted molar refractivity (Wildman–Crippen MR) is 90.3 cm³/mol. The fraction of sp³-hybridized carbons (Fsp3) is 0.526. The Morgan fingerprint density at radius 3 is 2.74 bits per heavy atom. The van der Waals surface area contributed by atoms with Crippen molar-refractivity contribution in [2.75, 3.05) is 7.11 Å². The van der Waals surface area contributed by atoms with Crippen molar-refractivity contribution in [2.45, 2.75) is 50.6 Å².